The number of amides is 2. The van der Waals surface area contributed by atoms with Crippen molar-refractivity contribution in [3.8, 4) is 0 Å². The minimum absolute atomic E-state index is 0.00596. The number of benzene rings is 1. The van der Waals surface area contributed by atoms with Crippen molar-refractivity contribution < 1.29 is 9.59 Å². The quantitative estimate of drug-likeness (QED) is 0.897. The number of thiophene rings is 1. The van der Waals surface area contributed by atoms with Crippen LogP contribution >= 0.6 is 11.3 Å². The van der Waals surface area contributed by atoms with Crippen molar-refractivity contribution in [2.45, 2.75) is 32.1 Å². The molecule has 0 unspecified atom stereocenters. The molecule has 25 heavy (non-hydrogen) atoms. The van der Waals surface area contributed by atoms with E-state index in [1.54, 1.807) is 16.2 Å². The summed E-state index contributed by atoms with van der Waals surface area (Å²) in [6.07, 6.45) is 4.58. The van der Waals surface area contributed by atoms with Crippen LogP contribution in [-0.2, 0) is 28.9 Å². The highest BCUT2D eigenvalue weighted by molar-refractivity contribution is 7.09. The molecular weight excluding hydrogens is 332 g/mol. The fourth-order valence-electron chi connectivity index (χ4n) is 3.77. The van der Waals surface area contributed by atoms with Crippen molar-refractivity contribution in [3.05, 3.63) is 51.7 Å². The summed E-state index contributed by atoms with van der Waals surface area (Å²) in [7, 11) is 0. The Bertz CT molecular complexity index is 785. The van der Waals surface area contributed by atoms with Gasteiger partial charge in [-0.05, 0) is 60.4 Å². The van der Waals surface area contributed by atoms with Gasteiger partial charge < -0.3 is 10.2 Å². The van der Waals surface area contributed by atoms with Gasteiger partial charge in [-0.3, -0.25) is 9.59 Å². The number of rotatable bonds is 5. The first-order valence-electron chi connectivity index (χ1n) is 8.93. The van der Waals surface area contributed by atoms with E-state index in [0.29, 0.717) is 19.5 Å². The van der Waals surface area contributed by atoms with E-state index >= 15 is 0 Å². The lowest BCUT2D eigenvalue weighted by molar-refractivity contribution is -0.126. The van der Waals surface area contributed by atoms with Crippen LogP contribution in [-0.4, -0.2) is 24.9 Å². The zero-order valence-corrected chi connectivity index (χ0v) is 15.0. The average molecular weight is 354 g/mol. The number of nitrogens with one attached hydrogen (secondary N) is 1. The summed E-state index contributed by atoms with van der Waals surface area (Å²) in [5, 5.41) is 5.03. The predicted molar refractivity (Wildman–Crippen MR) is 100.0 cm³/mol. The van der Waals surface area contributed by atoms with E-state index in [0.717, 1.165) is 24.9 Å². The van der Waals surface area contributed by atoms with Crippen LogP contribution in [0.3, 0.4) is 0 Å². The first-order valence-corrected chi connectivity index (χ1v) is 9.81. The van der Waals surface area contributed by atoms with E-state index in [4.69, 9.17) is 0 Å². The minimum Gasteiger partial charge on any atom is -0.355 e. The molecule has 1 aliphatic heterocycles. The Morgan fingerprint density at radius 1 is 1.24 bits per heavy atom. The highest BCUT2D eigenvalue weighted by atomic mass is 32.1. The molecule has 4 rings (SSSR count). The molecule has 0 radical (unpaired) electrons. The minimum atomic E-state index is -0.246. The molecular formula is C20H22N2O2S. The summed E-state index contributed by atoms with van der Waals surface area (Å²) >= 11 is 1.70. The molecule has 2 amide bonds. The second kappa shape index (κ2) is 7.00. The number of nitrogens with zero attached hydrogens (tertiary/aromatic N) is 1. The third-order valence-electron chi connectivity index (χ3n) is 5.14. The van der Waals surface area contributed by atoms with Crippen LogP contribution < -0.4 is 10.2 Å². The number of aryl methyl sites for hydroxylation is 2. The number of hydrogen-bond donors (Lipinski definition) is 1. The van der Waals surface area contributed by atoms with E-state index < -0.39 is 0 Å². The Labute approximate surface area is 151 Å². The molecule has 1 N–H and O–H groups in total. The fourth-order valence-corrected chi connectivity index (χ4v) is 4.48. The van der Waals surface area contributed by atoms with Crippen molar-refractivity contribution in [3.63, 3.8) is 0 Å². The molecule has 1 saturated heterocycles. The molecule has 0 spiro atoms. The van der Waals surface area contributed by atoms with E-state index in [-0.39, 0.29) is 17.7 Å². The molecule has 1 aromatic heterocycles. The first-order chi connectivity index (χ1) is 12.2. The van der Waals surface area contributed by atoms with Crippen molar-refractivity contribution in [1.82, 2.24) is 5.32 Å². The molecule has 1 aliphatic carbocycles. The molecule has 1 aromatic carbocycles. The van der Waals surface area contributed by atoms with Gasteiger partial charge in [-0.1, -0.05) is 12.1 Å². The molecule has 2 aromatic rings. The lowest BCUT2D eigenvalue weighted by atomic mass is 10.1. The van der Waals surface area contributed by atoms with Crippen molar-refractivity contribution in [2.75, 3.05) is 18.0 Å². The number of hydrogen-bond acceptors (Lipinski definition) is 3. The molecule has 0 saturated carbocycles. The van der Waals surface area contributed by atoms with E-state index in [9.17, 15) is 9.59 Å². The second-order valence-corrected chi connectivity index (χ2v) is 7.86. The Balaban J connectivity index is 1.35. The highest BCUT2D eigenvalue weighted by Gasteiger charge is 2.35. The third-order valence-corrected chi connectivity index (χ3v) is 6.08. The largest absolute Gasteiger partial charge is 0.355 e. The van der Waals surface area contributed by atoms with Gasteiger partial charge >= 0.3 is 0 Å². The van der Waals surface area contributed by atoms with Crippen molar-refractivity contribution >= 4 is 28.8 Å². The highest BCUT2D eigenvalue weighted by Crippen LogP contribution is 2.30. The predicted octanol–water partition coefficient (Wildman–Crippen LogP) is 2.95. The van der Waals surface area contributed by atoms with Gasteiger partial charge in [0.15, 0.2) is 0 Å². The summed E-state index contributed by atoms with van der Waals surface area (Å²) in [5.74, 6) is -0.200. The van der Waals surface area contributed by atoms with Gasteiger partial charge in [0.05, 0.1) is 5.92 Å². The van der Waals surface area contributed by atoms with Gasteiger partial charge in [0.25, 0.3) is 0 Å². The summed E-state index contributed by atoms with van der Waals surface area (Å²) in [6.45, 7) is 1.12. The molecule has 0 bridgehead atoms. The Hall–Kier alpha value is -2.14. The maximum absolute atomic E-state index is 12.4. The van der Waals surface area contributed by atoms with Gasteiger partial charge in [-0.2, -0.15) is 0 Å². The average Bonchev–Trinajstić information content (AvgIpc) is 3.34. The Morgan fingerprint density at radius 3 is 2.96 bits per heavy atom. The summed E-state index contributed by atoms with van der Waals surface area (Å²) in [6, 6.07) is 10.4. The first kappa shape index (κ1) is 16.3. The number of carbonyl (C=O) groups excluding carboxylic acids is 2. The van der Waals surface area contributed by atoms with Crippen LogP contribution in [0.4, 0.5) is 5.69 Å². The number of anilines is 1. The van der Waals surface area contributed by atoms with Gasteiger partial charge in [0, 0.05) is 30.1 Å². The third kappa shape index (κ3) is 3.47. The number of fused-ring (bicyclic) bond motifs is 1. The maximum Gasteiger partial charge on any atom is 0.227 e. The Kier molecular flexibility index (Phi) is 4.57. The Morgan fingerprint density at radius 2 is 2.12 bits per heavy atom. The lowest BCUT2D eigenvalue weighted by Gasteiger charge is -2.18. The number of carbonyl (C=O) groups is 2. The zero-order valence-electron chi connectivity index (χ0n) is 14.2. The van der Waals surface area contributed by atoms with E-state index in [1.165, 1.54) is 22.4 Å². The normalized spacial score (nSPS) is 19.3. The van der Waals surface area contributed by atoms with Gasteiger partial charge in [0.1, 0.15) is 0 Å². The van der Waals surface area contributed by atoms with E-state index in [1.807, 2.05) is 17.5 Å². The lowest BCUT2D eigenvalue weighted by Crippen LogP contribution is -2.34. The monoisotopic (exact) mass is 354 g/mol. The standard InChI is InChI=1S/C20H22N2O2S/c23-19-12-16(20(24)21-9-8-18-5-2-10-25-18)13-22(19)17-7-6-14-3-1-4-15(14)11-17/h2,5-7,10-11,16H,1,3-4,8-9,12-13H2,(H,21,24)/t16-/m1/s1. The van der Waals surface area contributed by atoms with E-state index in [2.05, 4.69) is 23.5 Å². The van der Waals surface area contributed by atoms with Crippen molar-refractivity contribution in [2.24, 2.45) is 5.92 Å². The summed E-state index contributed by atoms with van der Waals surface area (Å²) in [5.41, 5.74) is 3.70. The topological polar surface area (TPSA) is 49.4 Å². The van der Waals surface area contributed by atoms with Crippen LogP contribution in [0, 0.1) is 5.92 Å². The maximum atomic E-state index is 12.4. The smallest absolute Gasteiger partial charge is 0.227 e. The molecule has 130 valence electrons. The van der Waals surface area contributed by atoms with Gasteiger partial charge in [-0.15, -0.1) is 11.3 Å². The van der Waals surface area contributed by atoms with Crippen LogP contribution in [0.5, 0.6) is 0 Å². The zero-order chi connectivity index (χ0) is 17.2. The molecule has 2 aliphatic rings. The van der Waals surface area contributed by atoms with Crippen LogP contribution in [0.25, 0.3) is 0 Å². The second-order valence-electron chi connectivity index (χ2n) is 6.83. The summed E-state index contributed by atoms with van der Waals surface area (Å²) < 4.78 is 0. The van der Waals surface area contributed by atoms with Crippen LogP contribution in [0.1, 0.15) is 28.8 Å². The van der Waals surface area contributed by atoms with Crippen molar-refractivity contribution in [1.29, 1.82) is 0 Å². The van der Waals surface area contributed by atoms with Gasteiger partial charge in [-0.25, -0.2) is 0 Å². The van der Waals surface area contributed by atoms with Crippen LogP contribution in [0.2, 0.25) is 0 Å². The summed E-state index contributed by atoms with van der Waals surface area (Å²) in [4.78, 5) is 27.8. The van der Waals surface area contributed by atoms with Crippen LogP contribution in [0.15, 0.2) is 35.7 Å². The fraction of sp³-hybridized carbons (Fsp3) is 0.400. The molecule has 2 heterocycles. The molecule has 1 fully saturated rings. The molecule has 4 nitrogen and oxygen atoms in total. The molecule has 1 atom stereocenters. The van der Waals surface area contributed by atoms with Gasteiger partial charge in [0.2, 0.25) is 11.8 Å². The SMILES string of the molecule is O=C(NCCc1cccs1)[C@@H]1CC(=O)N(c2ccc3c(c2)CCC3)C1. The molecule has 5 heteroatoms.